The summed E-state index contributed by atoms with van der Waals surface area (Å²) in [6.07, 6.45) is -0.234. The van der Waals surface area contributed by atoms with E-state index in [1.54, 1.807) is 0 Å². The average molecular weight is 290 g/mol. The van der Waals surface area contributed by atoms with Crippen molar-refractivity contribution in [3.8, 4) is 0 Å². The Morgan fingerprint density at radius 3 is 2.71 bits per heavy atom. The lowest BCUT2D eigenvalue weighted by Gasteiger charge is -2.40. The first-order valence-electron chi connectivity index (χ1n) is 7.56. The lowest BCUT2D eigenvalue weighted by atomic mass is 10.00. The molecule has 4 nitrogen and oxygen atoms in total. The highest BCUT2D eigenvalue weighted by atomic mass is 16.6. The highest BCUT2D eigenvalue weighted by Gasteiger charge is 2.33. The van der Waals surface area contributed by atoms with Gasteiger partial charge in [0.05, 0.1) is 6.04 Å². The van der Waals surface area contributed by atoms with Crippen LogP contribution >= 0.6 is 0 Å². The van der Waals surface area contributed by atoms with Crippen LogP contribution in [0, 0.1) is 6.92 Å². The lowest BCUT2D eigenvalue weighted by molar-refractivity contribution is 0.00786. The Morgan fingerprint density at radius 1 is 1.38 bits per heavy atom. The molecule has 0 saturated carbocycles. The van der Waals surface area contributed by atoms with Crippen molar-refractivity contribution in [1.82, 2.24) is 10.2 Å². The number of hydrogen-bond donors (Lipinski definition) is 1. The van der Waals surface area contributed by atoms with E-state index in [4.69, 9.17) is 4.74 Å². The number of aryl methyl sites for hydroxylation is 1. The minimum Gasteiger partial charge on any atom is -0.444 e. The summed E-state index contributed by atoms with van der Waals surface area (Å²) in [5.74, 6) is 0. The molecule has 1 heterocycles. The molecule has 2 rings (SSSR count). The third-order valence-electron chi connectivity index (χ3n) is 3.56. The van der Waals surface area contributed by atoms with Crippen LogP contribution in [0.15, 0.2) is 24.3 Å². The smallest absolute Gasteiger partial charge is 0.410 e. The van der Waals surface area contributed by atoms with Gasteiger partial charge in [-0.05, 0) is 40.2 Å². The summed E-state index contributed by atoms with van der Waals surface area (Å²) in [5.41, 5.74) is 1.89. The number of ether oxygens (including phenoxy) is 1. The Balaban J connectivity index is 2.23. The van der Waals surface area contributed by atoms with Crippen LogP contribution in [0.5, 0.6) is 0 Å². The zero-order chi connectivity index (χ0) is 15.6. The Bertz CT molecular complexity index is 508. The molecule has 116 valence electrons. The summed E-state index contributed by atoms with van der Waals surface area (Å²) in [6.45, 7) is 11.3. The molecule has 1 aromatic carbocycles. The molecular formula is C17H26N2O2. The van der Waals surface area contributed by atoms with E-state index in [0.717, 1.165) is 12.1 Å². The van der Waals surface area contributed by atoms with Gasteiger partial charge >= 0.3 is 6.09 Å². The molecule has 0 unspecified atom stereocenters. The van der Waals surface area contributed by atoms with Crippen LogP contribution in [-0.2, 0) is 4.74 Å². The first-order valence-corrected chi connectivity index (χ1v) is 7.56. The molecule has 0 spiro atoms. The molecule has 4 heteroatoms. The SMILES string of the molecule is Cc1cccc([C@@H]2CN[C@H](C)CN2C(=O)OC(C)(C)C)c1. The molecule has 1 aliphatic heterocycles. The van der Waals surface area contributed by atoms with E-state index in [0.29, 0.717) is 6.54 Å². The van der Waals surface area contributed by atoms with Gasteiger partial charge in [-0.3, -0.25) is 4.90 Å². The van der Waals surface area contributed by atoms with Crippen LogP contribution in [0.3, 0.4) is 0 Å². The Hall–Kier alpha value is -1.55. The lowest BCUT2D eigenvalue weighted by Crippen LogP contribution is -2.54. The number of nitrogens with zero attached hydrogens (tertiary/aromatic N) is 1. The van der Waals surface area contributed by atoms with E-state index in [-0.39, 0.29) is 18.2 Å². The van der Waals surface area contributed by atoms with Gasteiger partial charge in [0.1, 0.15) is 5.60 Å². The maximum atomic E-state index is 12.5. The quantitative estimate of drug-likeness (QED) is 0.863. The monoisotopic (exact) mass is 290 g/mol. The van der Waals surface area contributed by atoms with Crippen molar-refractivity contribution in [3.63, 3.8) is 0 Å². The second kappa shape index (κ2) is 6.06. The largest absolute Gasteiger partial charge is 0.444 e. The number of carbonyl (C=O) groups is 1. The zero-order valence-corrected chi connectivity index (χ0v) is 13.6. The minimum atomic E-state index is -0.470. The molecule has 1 fully saturated rings. The van der Waals surface area contributed by atoms with Crippen molar-refractivity contribution in [2.45, 2.75) is 52.3 Å². The second-order valence-electron chi connectivity index (χ2n) is 6.87. The van der Waals surface area contributed by atoms with Crippen molar-refractivity contribution in [2.24, 2.45) is 0 Å². The standard InChI is InChI=1S/C17H26N2O2/c1-12-7-6-8-14(9-12)15-10-18-13(2)11-19(15)16(20)21-17(3,4)5/h6-9,13,15,18H,10-11H2,1-5H3/t13-,15+/m1/s1. The molecule has 1 saturated heterocycles. The zero-order valence-electron chi connectivity index (χ0n) is 13.6. The number of nitrogens with one attached hydrogen (secondary N) is 1. The Kier molecular flexibility index (Phi) is 4.57. The van der Waals surface area contributed by atoms with Gasteiger partial charge in [0.25, 0.3) is 0 Å². The van der Waals surface area contributed by atoms with Crippen LogP contribution < -0.4 is 5.32 Å². The summed E-state index contributed by atoms with van der Waals surface area (Å²) in [5, 5.41) is 3.45. The van der Waals surface area contributed by atoms with Gasteiger partial charge in [0.2, 0.25) is 0 Å². The maximum Gasteiger partial charge on any atom is 0.410 e. The van der Waals surface area contributed by atoms with E-state index < -0.39 is 5.60 Å². The maximum absolute atomic E-state index is 12.5. The van der Waals surface area contributed by atoms with Crippen molar-refractivity contribution >= 4 is 6.09 Å². The van der Waals surface area contributed by atoms with Crippen LogP contribution in [0.1, 0.15) is 44.9 Å². The first kappa shape index (κ1) is 15.8. The second-order valence-corrected chi connectivity index (χ2v) is 6.87. The third kappa shape index (κ3) is 4.21. The van der Waals surface area contributed by atoms with E-state index in [1.165, 1.54) is 5.56 Å². The fraction of sp³-hybridized carbons (Fsp3) is 0.588. The molecule has 1 amide bonds. The van der Waals surface area contributed by atoms with Gasteiger partial charge in [0.15, 0.2) is 0 Å². The van der Waals surface area contributed by atoms with Gasteiger partial charge in [-0.2, -0.15) is 0 Å². The van der Waals surface area contributed by atoms with Gasteiger partial charge in [-0.1, -0.05) is 29.8 Å². The fourth-order valence-electron chi connectivity index (χ4n) is 2.61. The van der Waals surface area contributed by atoms with Crippen molar-refractivity contribution < 1.29 is 9.53 Å². The van der Waals surface area contributed by atoms with Crippen molar-refractivity contribution in [1.29, 1.82) is 0 Å². The molecule has 2 atom stereocenters. The first-order chi connectivity index (χ1) is 9.76. The molecule has 0 aliphatic carbocycles. The predicted octanol–water partition coefficient (Wildman–Crippen LogP) is 3.26. The molecule has 21 heavy (non-hydrogen) atoms. The third-order valence-corrected chi connectivity index (χ3v) is 3.56. The number of hydrogen-bond acceptors (Lipinski definition) is 3. The number of rotatable bonds is 1. The average Bonchev–Trinajstić information content (AvgIpc) is 2.36. The topological polar surface area (TPSA) is 41.6 Å². The van der Waals surface area contributed by atoms with Crippen molar-refractivity contribution in [2.75, 3.05) is 13.1 Å². The molecule has 1 N–H and O–H groups in total. The molecule has 1 aromatic rings. The number of piperazine rings is 1. The molecular weight excluding hydrogens is 264 g/mol. The number of benzene rings is 1. The van der Waals surface area contributed by atoms with Crippen LogP contribution in [0.25, 0.3) is 0 Å². The minimum absolute atomic E-state index is 0.0240. The molecule has 0 bridgehead atoms. The summed E-state index contributed by atoms with van der Waals surface area (Å²) >= 11 is 0. The highest BCUT2D eigenvalue weighted by molar-refractivity contribution is 5.69. The van der Waals surface area contributed by atoms with Crippen molar-refractivity contribution in [3.05, 3.63) is 35.4 Å². The number of carbonyl (C=O) groups excluding carboxylic acids is 1. The van der Waals surface area contributed by atoms with Crippen LogP contribution in [-0.4, -0.2) is 35.7 Å². The Morgan fingerprint density at radius 2 is 2.10 bits per heavy atom. The summed E-state index contributed by atoms with van der Waals surface area (Å²) in [7, 11) is 0. The molecule has 1 aliphatic rings. The Labute approximate surface area is 127 Å². The van der Waals surface area contributed by atoms with Gasteiger partial charge in [-0.25, -0.2) is 4.79 Å². The van der Waals surface area contributed by atoms with Gasteiger partial charge < -0.3 is 10.1 Å². The summed E-state index contributed by atoms with van der Waals surface area (Å²) < 4.78 is 5.57. The van der Waals surface area contributed by atoms with Crippen LogP contribution in [0.2, 0.25) is 0 Å². The van der Waals surface area contributed by atoms with Gasteiger partial charge in [-0.15, -0.1) is 0 Å². The van der Waals surface area contributed by atoms with E-state index >= 15 is 0 Å². The predicted molar refractivity (Wildman–Crippen MR) is 84.3 cm³/mol. The van der Waals surface area contributed by atoms with E-state index in [1.807, 2.05) is 31.7 Å². The normalized spacial score (nSPS) is 23.0. The molecule has 0 radical (unpaired) electrons. The van der Waals surface area contributed by atoms with E-state index in [9.17, 15) is 4.79 Å². The highest BCUT2D eigenvalue weighted by Crippen LogP contribution is 2.26. The summed E-state index contributed by atoms with van der Waals surface area (Å²) in [4.78, 5) is 14.4. The molecule has 0 aromatic heterocycles. The van der Waals surface area contributed by atoms with E-state index in [2.05, 4.69) is 37.4 Å². The fourth-order valence-corrected chi connectivity index (χ4v) is 2.61. The summed E-state index contributed by atoms with van der Waals surface area (Å²) in [6, 6.07) is 8.62. The number of amides is 1. The van der Waals surface area contributed by atoms with Crippen LogP contribution in [0.4, 0.5) is 4.79 Å². The van der Waals surface area contributed by atoms with Gasteiger partial charge in [0, 0.05) is 19.1 Å².